The van der Waals surface area contributed by atoms with Gasteiger partial charge in [0.2, 0.25) is 0 Å². The van der Waals surface area contributed by atoms with Gasteiger partial charge < -0.3 is 10.3 Å². The third kappa shape index (κ3) is 3.64. The fourth-order valence-electron chi connectivity index (χ4n) is 1.88. The van der Waals surface area contributed by atoms with Gasteiger partial charge in [-0.3, -0.25) is 0 Å². The van der Waals surface area contributed by atoms with Gasteiger partial charge in [0, 0.05) is 25.2 Å². The van der Waals surface area contributed by atoms with Gasteiger partial charge in [0.1, 0.15) is 5.82 Å². The highest BCUT2D eigenvalue weighted by Crippen LogP contribution is 2.21. The number of hydrogen-bond donors (Lipinski definition) is 1. The van der Waals surface area contributed by atoms with Crippen LogP contribution in [0.4, 0.5) is 4.39 Å². The van der Waals surface area contributed by atoms with Crippen LogP contribution in [0.1, 0.15) is 24.6 Å². The van der Waals surface area contributed by atoms with Crippen molar-refractivity contribution in [2.24, 2.45) is 5.73 Å². The second-order valence-corrected chi connectivity index (χ2v) is 5.42. The Balaban J connectivity index is 2.09. The van der Waals surface area contributed by atoms with E-state index in [0.29, 0.717) is 11.0 Å². The largest absolute Gasteiger partial charge is 0.333 e. The molecule has 0 aliphatic rings. The molecule has 1 aromatic heterocycles. The molecule has 0 aliphatic carbocycles. The van der Waals surface area contributed by atoms with Crippen LogP contribution in [-0.2, 0) is 13.0 Å². The van der Waals surface area contributed by atoms with Crippen molar-refractivity contribution in [3.05, 3.63) is 52.3 Å². The number of benzene rings is 1. The van der Waals surface area contributed by atoms with Crippen LogP contribution >= 0.6 is 15.9 Å². The van der Waals surface area contributed by atoms with Crippen molar-refractivity contribution in [3.8, 4) is 0 Å². The van der Waals surface area contributed by atoms with E-state index < -0.39 is 0 Å². The second kappa shape index (κ2) is 6.30. The number of aromatic nitrogens is 2. The Kier molecular flexibility index (Phi) is 4.71. The van der Waals surface area contributed by atoms with Crippen LogP contribution < -0.4 is 5.73 Å². The van der Waals surface area contributed by atoms with Gasteiger partial charge in [-0.1, -0.05) is 19.1 Å². The van der Waals surface area contributed by atoms with Crippen LogP contribution in [0.2, 0.25) is 0 Å². The van der Waals surface area contributed by atoms with E-state index in [4.69, 9.17) is 5.73 Å². The summed E-state index contributed by atoms with van der Waals surface area (Å²) in [7, 11) is 0. The number of imidazole rings is 1. The van der Waals surface area contributed by atoms with Gasteiger partial charge in [0.15, 0.2) is 0 Å². The summed E-state index contributed by atoms with van der Waals surface area (Å²) in [5.74, 6) is -0.245. The van der Waals surface area contributed by atoms with Crippen molar-refractivity contribution in [2.75, 3.05) is 0 Å². The average Bonchev–Trinajstić information content (AvgIpc) is 2.82. The molecule has 2 rings (SSSR count). The maximum absolute atomic E-state index is 13.4. The molecule has 0 saturated heterocycles. The van der Waals surface area contributed by atoms with Gasteiger partial charge in [0.25, 0.3) is 0 Å². The number of nitrogens with two attached hydrogens (primary N) is 1. The Bertz CT molecular complexity index is 553. The van der Waals surface area contributed by atoms with Crippen LogP contribution in [0.25, 0.3) is 0 Å². The fraction of sp³-hybridized carbons (Fsp3) is 0.357. The molecule has 102 valence electrons. The molecule has 0 amide bonds. The van der Waals surface area contributed by atoms with Crippen LogP contribution in [0.3, 0.4) is 0 Å². The number of rotatable bonds is 5. The van der Waals surface area contributed by atoms with Gasteiger partial charge in [-0.2, -0.15) is 0 Å². The Morgan fingerprint density at radius 3 is 3.00 bits per heavy atom. The van der Waals surface area contributed by atoms with E-state index >= 15 is 0 Å². The van der Waals surface area contributed by atoms with Gasteiger partial charge in [-0.15, -0.1) is 0 Å². The first-order valence-corrected chi connectivity index (χ1v) is 7.08. The van der Waals surface area contributed by atoms with Crippen molar-refractivity contribution in [2.45, 2.75) is 32.4 Å². The first kappa shape index (κ1) is 14.2. The Hall–Kier alpha value is -1.20. The normalized spacial score (nSPS) is 12.6. The summed E-state index contributed by atoms with van der Waals surface area (Å²) < 4.78 is 15.9. The molecule has 0 radical (unpaired) electrons. The van der Waals surface area contributed by atoms with E-state index in [-0.39, 0.29) is 11.9 Å². The lowest BCUT2D eigenvalue weighted by Crippen LogP contribution is -2.21. The summed E-state index contributed by atoms with van der Waals surface area (Å²) in [5, 5.41) is 0. The zero-order valence-electron chi connectivity index (χ0n) is 10.8. The molecule has 1 aromatic carbocycles. The van der Waals surface area contributed by atoms with Crippen molar-refractivity contribution in [1.82, 2.24) is 9.55 Å². The zero-order chi connectivity index (χ0) is 13.8. The highest BCUT2D eigenvalue weighted by molar-refractivity contribution is 9.10. The Morgan fingerprint density at radius 2 is 2.26 bits per heavy atom. The first-order chi connectivity index (χ1) is 9.10. The minimum absolute atomic E-state index is 0.143. The lowest BCUT2D eigenvalue weighted by Gasteiger charge is -2.06. The van der Waals surface area contributed by atoms with Crippen molar-refractivity contribution in [1.29, 1.82) is 0 Å². The predicted octanol–water partition coefficient (Wildman–Crippen LogP) is 3.11. The predicted molar refractivity (Wildman–Crippen MR) is 77.4 cm³/mol. The third-order valence-electron chi connectivity index (χ3n) is 3.07. The maximum Gasteiger partial charge on any atom is 0.137 e. The number of nitrogens with zero attached hydrogens (tertiary/aromatic N) is 2. The Labute approximate surface area is 120 Å². The Morgan fingerprint density at radius 1 is 1.47 bits per heavy atom. The summed E-state index contributed by atoms with van der Waals surface area (Å²) in [5.41, 5.74) is 7.77. The van der Waals surface area contributed by atoms with Crippen molar-refractivity contribution < 1.29 is 4.39 Å². The van der Waals surface area contributed by atoms with E-state index in [1.54, 1.807) is 12.4 Å². The van der Waals surface area contributed by atoms with Crippen LogP contribution in [-0.4, -0.2) is 15.6 Å². The summed E-state index contributed by atoms with van der Waals surface area (Å²) in [6, 6.07) is 5.18. The molecule has 5 heteroatoms. The SMILES string of the molecule is CCC(N)Cc1cn(Cc2cccc(F)c2Br)cn1. The lowest BCUT2D eigenvalue weighted by molar-refractivity contribution is 0.615. The molecule has 0 spiro atoms. The second-order valence-electron chi connectivity index (χ2n) is 4.62. The van der Waals surface area contributed by atoms with Crippen molar-refractivity contribution >= 4 is 15.9 Å². The van der Waals surface area contributed by atoms with Crippen LogP contribution in [0, 0.1) is 5.82 Å². The van der Waals surface area contributed by atoms with Gasteiger partial charge in [0.05, 0.1) is 16.5 Å². The molecule has 19 heavy (non-hydrogen) atoms. The maximum atomic E-state index is 13.4. The van der Waals surface area contributed by atoms with Crippen molar-refractivity contribution in [3.63, 3.8) is 0 Å². The quantitative estimate of drug-likeness (QED) is 0.917. The number of halogens is 2. The van der Waals surface area contributed by atoms with E-state index in [2.05, 4.69) is 27.8 Å². The molecule has 0 bridgehead atoms. The molecule has 1 atom stereocenters. The zero-order valence-corrected chi connectivity index (χ0v) is 12.4. The van der Waals surface area contributed by atoms with Crippen LogP contribution in [0.15, 0.2) is 35.2 Å². The molecule has 3 nitrogen and oxygen atoms in total. The van der Waals surface area contributed by atoms with Crippen LogP contribution in [0.5, 0.6) is 0 Å². The third-order valence-corrected chi connectivity index (χ3v) is 3.95. The standard InChI is InChI=1S/C14H17BrFN3/c1-2-11(17)6-12-8-19(9-18-12)7-10-4-3-5-13(16)14(10)15/h3-5,8-9,11H,2,6-7,17H2,1H3. The monoisotopic (exact) mass is 325 g/mol. The molecule has 2 N–H and O–H groups in total. The molecule has 0 aliphatic heterocycles. The molecular formula is C14H17BrFN3. The molecule has 0 saturated carbocycles. The van der Waals surface area contributed by atoms with Gasteiger partial charge in [-0.05, 0) is 34.0 Å². The fourth-order valence-corrected chi connectivity index (χ4v) is 2.27. The van der Waals surface area contributed by atoms with E-state index in [0.717, 1.165) is 24.1 Å². The molecule has 1 heterocycles. The summed E-state index contributed by atoms with van der Waals surface area (Å²) in [6.07, 6.45) is 5.43. The highest BCUT2D eigenvalue weighted by Gasteiger charge is 2.08. The van der Waals surface area contributed by atoms with Gasteiger partial charge >= 0.3 is 0 Å². The smallest absolute Gasteiger partial charge is 0.137 e. The summed E-state index contributed by atoms with van der Waals surface area (Å²) in [6.45, 7) is 2.65. The molecule has 0 fully saturated rings. The number of hydrogen-bond acceptors (Lipinski definition) is 2. The summed E-state index contributed by atoms with van der Waals surface area (Å²) >= 11 is 3.27. The first-order valence-electron chi connectivity index (χ1n) is 6.29. The minimum atomic E-state index is -0.245. The van der Waals surface area contributed by atoms with Gasteiger partial charge in [-0.25, -0.2) is 9.37 Å². The highest BCUT2D eigenvalue weighted by atomic mass is 79.9. The van der Waals surface area contributed by atoms with E-state index in [1.807, 2.05) is 16.8 Å². The van der Waals surface area contributed by atoms with E-state index in [9.17, 15) is 4.39 Å². The molecule has 1 unspecified atom stereocenters. The topological polar surface area (TPSA) is 43.8 Å². The molecule has 2 aromatic rings. The summed E-state index contributed by atoms with van der Waals surface area (Å²) in [4.78, 5) is 4.33. The van der Waals surface area contributed by atoms with E-state index in [1.165, 1.54) is 6.07 Å². The lowest BCUT2D eigenvalue weighted by atomic mass is 10.1. The average molecular weight is 326 g/mol. The molecular weight excluding hydrogens is 309 g/mol. The minimum Gasteiger partial charge on any atom is -0.333 e.